The van der Waals surface area contributed by atoms with Crippen molar-refractivity contribution >= 4 is 21.5 Å². The summed E-state index contributed by atoms with van der Waals surface area (Å²) >= 11 is 0. The van der Waals surface area contributed by atoms with Gasteiger partial charge in [0.15, 0.2) is 9.84 Å². The van der Waals surface area contributed by atoms with Crippen LogP contribution < -0.4 is 4.74 Å². The third-order valence-corrected chi connectivity index (χ3v) is 4.63. The second-order valence-corrected chi connectivity index (χ2v) is 6.61. The lowest BCUT2D eigenvalue weighted by Gasteiger charge is -2.12. The monoisotopic (exact) mass is 301 g/mol. The van der Waals surface area contributed by atoms with Crippen LogP contribution in [0, 0.1) is 10.1 Å². The minimum atomic E-state index is -3.11. The van der Waals surface area contributed by atoms with E-state index in [1.165, 1.54) is 6.07 Å². The SMILES string of the molecule is O=C(O)c1cc(OC2CCS(=O)(=O)C2)ccc1[N+](=O)[O-]. The lowest BCUT2D eigenvalue weighted by molar-refractivity contribution is -0.385. The summed E-state index contributed by atoms with van der Waals surface area (Å²) < 4.78 is 27.9. The molecule has 0 spiro atoms. The molecule has 1 N–H and O–H groups in total. The highest BCUT2D eigenvalue weighted by atomic mass is 32.2. The Morgan fingerprint density at radius 1 is 1.45 bits per heavy atom. The molecule has 1 aromatic carbocycles. The Labute approximate surface area is 114 Å². The number of ether oxygens (including phenoxy) is 1. The van der Waals surface area contributed by atoms with Crippen LogP contribution in [0.4, 0.5) is 5.69 Å². The molecule has 1 aliphatic heterocycles. The molecule has 108 valence electrons. The number of aromatic carboxylic acids is 1. The van der Waals surface area contributed by atoms with E-state index in [0.29, 0.717) is 6.42 Å². The summed E-state index contributed by atoms with van der Waals surface area (Å²) in [6.45, 7) is 0. The molecule has 1 aromatic rings. The van der Waals surface area contributed by atoms with Crippen molar-refractivity contribution in [3.63, 3.8) is 0 Å². The van der Waals surface area contributed by atoms with Crippen molar-refractivity contribution in [2.45, 2.75) is 12.5 Å². The predicted octanol–water partition coefficient (Wildman–Crippen LogP) is 0.859. The average molecular weight is 301 g/mol. The summed E-state index contributed by atoms with van der Waals surface area (Å²) in [7, 11) is -3.11. The van der Waals surface area contributed by atoms with Crippen molar-refractivity contribution in [1.29, 1.82) is 0 Å². The summed E-state index contributed by atoms with van der Waals surface area (Å²) in [6.07, 6.45) is -0.232. The second kappa shape index (κ2) is 5.08. The van der Waals surface area contributed by atoms with E-state index < -0.39 is 38.1 Å². The first-order valence-electron chi connectivity index (χ1n) is 5.67. The van der Waals surface area contributed by atoms with Crippen LogP contribution >= 0.6 is 0 Å². The van der Waals surface area contributed by atoms with Crippen molar-refractivity contribution in [2.75, 3.05) is 11.5 Å². The Hall–Kier alpha value is -2.16. The molecule has 0 bridgehead atoms. The van der Waals surface area contributed by atoms with Gasteiger partial charge in [0, 0.05) is 12.1 Å². The summed E-state index contributed by atoms with van der Waals surface area (Å²) in [6, 6.07) is 3.32. The van der Waals surface area contributed by atoms with Crippen LogP contribution in [0.1, 0.15) is 16.8 Å². The van der Waals surface area contributed by atoms with Crippen LogP contribution in [0.25, 0.3) is 0 Å². The van der Waals surface area contributed by atoms with Gasteiger partial charge in [-0.2, -0.15) is 0 Å². The third-order valence-electron chi connectivity index (χ3n) is 2.89. The van der Waals surface area contributed by atoms with Crippen LogP contribution in [0.3, 0.4) is 0 Å². The van der Waals surface area contributed by atoms with Gasteiger partial charge in [-0.05, 0) is 12.5 Å². The zero-order valence-electron chi connectivity index (χ0n) is 10.2. The molecule has 1 fully saturated rings. The molecule has 0 amide bonds. The standard InChI is InChI=1S/C11H11NO7S/c13-11(14)9-5-7(1-2-10(9)12(15)16)19-8-3-4-20(17,18)6-8/h1-2,5,8H,3-4,6H2,(H,13,14). The number of hydrogen-bond donors (Lipinski definition) is 1. The van der Waals surface area contributed by atoms with E-state index in [1.807, 2.05) is 0 Å². The first-order chi connectivity index (χ1) is 9.28. The van der Waals surface area contributed by atoms with Crippen molar-refractivity contribution < 1.29 is 28.0 Å². The topological polar surface area (TPSA) is 124 Å². The van der Waals surface area contributed by atoms with E-state index in [1.54, 1.807) is 0 Å². The summed E-state index contributed by atoms with van der Waals surface area (Å²) in [5.41, 5.74) is -1.03. The van der Waals surface area contributed by atoms with Gasteiger partial charge in [-0.25, -0.2) is 13.2 Å². The second-order valence-electron chi connectivity index (χ2n) is 4.38. The Morgan fingerprint density at radius 3 is 2.65 bits per heavy atom. The number of carbonyl (C=O) groups is 1. The fraction of sp³-hybridized carbons (Fsp3) is 0.364. The van der Waals surface area contributed by atoms with Crippen LogP contribution in [0.2, 0.25) is 0 Å². The van der Waals surface area contributed by atoms with Crippen molar-refractivity contribution in [1.82, 2.24) is 0 Å². The van der Waals surface area contributed by atoms with E-state index in [2.05, 4.69) is 0 Å². The van der Waals surface area contributed by atoms with Crippen molar-refractivity contribution in [2.24, 2.45) is 0 Å². The zero-order valence-corrected chi connectivity index (χ0v) is 11.0. The van der Waals surface area contributed by atoms with Gasteiger partial charge in [-0.15, -0.1) is 0 Å². The molecule has 0 saturated carbocycles. The molecule has 1 unspecified atom stereocenters. The van der Waals surface area contributed by atoms with E-state index in [-0.39, 0.29) is 17.3 Å². The molecule has 0 aromatic heterocycles. The number of sulfone groups is 1. The minimum absolute atomic E-state index is 0.0242. The molecule has 1 aliphatic rings. The van der Waals surface area contributed by atoms with Gasteiger partial charge in [0.05, 0.1) is 16.4 Å². The van der Waals surface area contributed by atoms with Gasteiger partial charge in [-0.1, -0.05) is 0 Å². The Bertz CT molecular complexity index is 667. The number of hydrogen-bond acceptors (Lipinski definition) is 6. The fourth-order valence-electron chi connectivity index (χ4n) is 1.97. The number of nitro groups is 1. The van der Waals surface area contributed by atoms with E-state index >= 15 is 0 Å². The van der Waals surface area contributed by atoms with Crippen LogP contribution in [-0.4, -0.2) is 42.0 Å². The van der Waals surface area contributed by atoms with Crippen LogP contribution in [-0.2, 0) is 9.84 Å². The summed E-state index contributed by atoms with van der Waals surface area (Å²) in [5, 5.41) is 19.6. The Morgan fingerprint density at radius 2 is 2.15 bits per heavy atom. The van der Waals surface area contributed by atoms with Gasteiger partial charge < -0.3 is 9.84 Å². The predicted molar refractivity (Wildman–Crippen MR) is 67.7 cm³/mol. The molecule has 0 radical (unpaired) electrons. The summed E-state index contributed by atoms with van der Waals surface area (Å²) in [4.78, 5) is 20.9. The van der Waals surface area contributed by atoms with Crippen molar-refractivity contribution in [3.05, 3.63) is 33.9 Å². The lowest BCUT2D eigenvalue weighted by atomic mass is 10.1. The number of carboxylic acids is 1. The lowest BCUT2D eigenvalue weighted by Crippen LogP contribution is -2.18. The smallest absolute Gasteiger partial charge is 0.342 e. The molecular formula is C11H11NO7S. The van der Waals surface area contributed by atoms with E-state index in [4.69, 9.17) is 9.84 Å². The Kier molecular flexibility index (Phi) is 3.62. The summed E-state index contributed by atoms with van der Waals surface area (Å²) in [5.74, 6) is -1.45. The first-order valence-corrected chi connectivity index (χ1v) is 7.49. The number of benzene rings is 1. The quantitative estimate of drug-likeness (QED) is 0.646. The highest BCUT2D eigenvalue weighted by Crippen LogP contribution is 2.26. The number of rotatable bonds is 4. The van der Waals surface area contributed by atoms with E-state index in [9.17, 15) is 23.3 Å². The minimum Gasteiger partial charge on any atom is -0.489 e. The van der Waals surface area contributed by atoms with Gasteiger partial charge in [0.1, 0.15) is 17.4 Å². The number of nitrogens with zero attached hydrogens (tertiary/aromatic N) is 1. The maximum atomic E-state index is 11.3. The fourth-order valence-corrected chi connectivity index (χ4v) is 3.56. The normalized spacial score (nSPS) is 20.5. The van der Waals surface area contributed by atoms with Crippen LogP contribution in [0.5, 0.6) is 5.75 Å². The largest absolute Gasteiger partial charge is 0.489 e. The molecule has 1 heterocycles. The average Bonchev–Trinajstić information content (AvgIpc) is 2.68. The zero-order chi connectivity index (χ0) is 14.9. The number of carboxylic acid groups (broad SMARTS) is 1. The van der Waals surface area contributed by atoms with E-state index in [0.717, 1.165) is 12.1 Å². The van der Waals surface area contributed by atoms with Crippen molar-refractivity contribution in [3.8, 4) is 5.75 Å². The Balaban J connectivity index is 2.24. The molecule has 2 rings (SSSR count). The highest BCUT2D eigenvalue weighted by Gasteiger charge is 2.30. The first kappa shape index (κ1) is 14.3. The molecule has 1 saturated heterocycles. The molecule has 0 aliphatic carbocycles. The van der Waals surface area contributed by atoms with Gasteiger partial charge >= 0.3 is 5.97 Å². The van der Waals surface area contributed by atoms with Gasteiger partial charge in [-0.3, -0.25) is 10.1 Å². The van der Waals surface area contributed by atoms with Crippen LogP contribution in [0.15, 0.2) is 18.2 Å². The highest BCUT2D eigenvalue weighted by molar-refractivity contribution is 7.91. The maximum Gasteiger partial charge on any atom is 0.342 e. The van der Waals surface area contributed by atoms with Gasteiger partial charge in [0.2, 0.25) is 0 Å². The molecule has 1 atom stereocenters. The molecular weight excluding hydrogens is 290 g/mol. The maximum absolute atomic E-state index is 11.3. The van der Waals surface area contributed by atoms with Gasteiger partial charge in [0.25, 0.3) is 5.69 Å². The third kappa shape index (κ3) is 3.05. The molecule has 9 heteroatoms. The molecule has 8 nitrogen and oxygen atoms in total. The number of nitro benzene ring substituents is 1. The molecule has 20 heavy (non-hydrogen) atoms.